The maximum absolute atomic E-state index is 10.8. The summed E-state index contributed by atoms with van der Waals surface area (Å²) in [5.41, 5.74) is 0.571. The summed E-state index contributed by atoms with van der Waals surface area (Å²) < 4.78 is 13.2. The van der Waals surface area contributed by atoms with E-state index in [4.69, 9.17) is 9.47 Å². The summed E-state index contributed by atoms with van der Waals surface area (Å²) in [6.45, 7) is 5.73. The molecule has 1 heterocycles. The van der Waals surface area contributed by atoms with Gasteiger partial charge in [0.2, 0.25) is 0 Å². The van der Waals surface area contributed by atoms with Gasteiger partial charge < -0.3 is 14.0 Å². The first-order chi connectivity index (χ1) is 12.2. The molecule has 0 radical (unpaired) electrons. The van der Waals surface area contributed by atoms with Gasteiger partial charge in [-0.3, -0.25) is 4.79 Å². The van der Waals surface area contributed by atoms with E-state index in [1.807, 2.05) is 0 Å². The molecule has 0 fully saturated rings. The molecule has 0 aliphatic carbocycles. The van der Waals surface area contributed by atoms with E-state index in [-0.39, 0.29) is 0 Å². The summed E-state index contributed by atoms with van der Waals surface area (Å²) in [5, 5.41) is 9.54. The van der Waals surface area contributed by atoms with Gasteiger partial charge >= 0.3 is 0 Å². The first-order valence-corrected chi connectivity index (χ1v) is 9.52. The zero-order valence-electron chi connectivity index (χ0n) is 15.0. The normalized spacial score (nSPS) is 10.7. The first kappa shape index (κ1) is 19.3. The van der Waals surface area contributed by atoms with Crippen LogP contribution in [0.2, 0.25) is 0 Å². The lowest BCUT2D eigenvalue weighted by molar-refractivity contribution is 0.112. The third-order valence-electron chi connectivity index (χ3n) is 3.68. The number of thioether (sulfide) groups is 1. The quantitative estimate of drug-likeness (QED) is 0.345. The Morgan fingerprint density at radius 3 is 2.76 bits per heavy atom. The monoisotopic (exact) mass is 363 g/mol. The number of hydrogen-bond acceptors (Lipinski definition) is 6. The van der Waals surface area contributed by atoms with Crippen molar-refractivity contribution in [2.24, 2.45) is 0 Å². The summed E-state index contributed by atoms with van der Waals surface area (Å²) in [7, 11) is 1.57. The second-order valence-electron chi connectivity index (χ2n) is 5.47. The van der Waals surface area contributed by atoms with Crippen LogP contribution in [-0.2, 0) is 13.0 Å². The fourth-order valence-electron chi connectivity index (χ4n) is 2.43. The van der Waals surface area contributed by atoms with E-state index < -0.39 is 0 Å². The molecule has 2 rings (SSSR count). The second-order valence-corrected chi connectivity index (χ2v) is 6.53. The van der Waals surface area contributed by atoms with Crippen molar-refractivity contribution in [3.8, 4) is 11.5 Å². The van der Waals surface area contributed by atoms with Crippen LogP contribution < -0.4 is 9.47 Å². The van der Waals surface area contributed by atoms with Gasteiger partial charge in [-0.2, -0.15) is 0 Å². The molecule has 6 nitrogen and oxygen atoms in total. The molecule has 136 valence electrons. The van der Waals surface area contributed by atoms with Crippen molar-refractivity contribution in [1.82, 2.24) is 14.8 Å². The number of methoxy groups -OCH3 is 1. The minimum atomic E-state index is 0.571. The zero-order valence-corrected chi connectivity index (χ0v) is 15.8. The van der Waals surface area contributed by atoms with Crippen LogP contribution in [0.1, 0.15) is 42.9 Å². The Labute approximate surface area is 152 Å². The van der Waals surface area contributed by atoms with Crippen molar-refractivity contribution < 1.29 is 14.3 Å². The standard InChI is InChI=1S/C18H25N3O3S/c1-4-7-17-19-20-18(21(17)5-2)25-11-6-10-24-15-9-8-14(13-22)12-16(15)23-3/h8-9,12-13H,4-7,10-11H2,1-3H3. The Hall–Kier alpha value is -2.02. The maximum atomic E-state index is 10.8. The van der Waals surface area contributed by atoms with Crippen molar-refractivity contribution in [3.63, 3.8) is 0 Å². The van der Waals surface area contributed by atoms with Crippen molar-refractivity contribution >= 4 is 18.0 Å². The Morgan fingerprint density at radius 2 is 2.08 bits per heavy atom. The zero-order chi connectivity index (χ0) is 18.1. The highest BCUT2D eigenvalue weighted by Crippen LogP contribution is 2.28. The van der Waals surface area contributed by atoms with Gasteiger partial charge in [-0.15, -0.1) is 10.2 Å². The van der Waals surface area contributed by atoms with E-state index in [9.17, 15) is 4.79 Å². The number of hydrogen-bond donors (Lipinski definition) is 0. The molecule has 0 aliphatic rings. The highest BCUT2D eigenvalue weighted by molar-refractivity contribution is 7.99. The molecular weight excluding hydrogens is 338 g/mol. The molecule has 25 heavy (non-hydrogen) atoms. The minimum absolute atomic E-state index is 0.571. The van der Waals surface area contributed by atoms with Crippen molar-refractivity contribution in [2.75, 3.05) is 19.5 Å². The molecule has 0 bridgehead atoms. The molecule has 0 aliphatic heterocycles. The summed E-state index contributed by atoms with van der Waals surface area (Å²) >= 11 is 1.70. The van der Waals surface area contributed by atoms with Crippen LogP contribution in [0.5, 0.6) is 11.5 Å². The van der Waals surface area contributed by atoms with Crippen molar-refractivity contribution in [1.29, 1.82) is 0 Å². The fourth-order valence-corrected chi connectivity index (χ4v) is 3.37. The number of aromatic nitrogens is 3. The second kappa shape index (κ2) is 10.1. The smallest absolute Gasteiger partial charge is 0.191 e. The molecule has 0 amide bonds. The molecule has 2 aromatic rings. The van der Waals surface area contributed by atoms with Gasteiger partial charge in [-0.25, -0.2) is 0 Å². The van der Waals surface area contributed by atoms with E-state index in [2.05, 4.69) is 28.6 Å². The van der Waals surface area contributed by atoms with Crippen LogP contribution >= 0.6 is 11.8 Å². The van der Waals surface area contributed by atoms with Gasteiger partial charge in [0.1, 0.15) is 12.1 Å². The number of benzene rings is 1. The highest BCUT2D eigenvalue weighted by Gasteiger charge is 2.10. The number of rotatable bonds is 11. The largest absolute Gasteiger partial charge is 0.493 e. The molecule has 0 saturated heterocycles. The molecule has 0 unspecified atom stereocenters. The first-order valence-electron chi connectivity index (χ1n) is 8.54. The predicted molar refractivity (Wildman–Crippen MR) is 98.9 cm³/mol. The average molecular weight is 363 g/mol. The van der Waals surface area contributed by atoms with E-state index in [1.165, 1.54) is 0 Å². The van der Waals surface area contributed by atoms with Crippen LogP contribution in [0, 0.1) is 0 Å². The molecule has 1 aromatic carbocycles. The fraction of sp³-hybridized carbons (Fsp3) is 0.500. The minimum Gasteiger partial charge on any atom is -0.493 e. The van der Waals surface area contributed by atoms with Crippen molar-refractivity contribution in [2.45, 2.75) is 44.8 Å². The van der Waals surface area contributed by atoms with Gasteiger partial charge in [0.15, 0.2) is 16.7 Å². The number of carbonyl (C=O) groups is 1. The van der Waals surface area contributed by atoms with E-state index in [0.29, 0.717) is 23.7 Å². The third-order valence-corrected chi connectivity index (χ3v) is 4.74. The molecule has 7 heteroatoms. The Balaban J connectivity index is 1.81. The number of nitrogens with zero attached hydrogens (tertiary/aromatic N) is 3. The van der Waals surface area contributed by atoms with Crippen LogP contribution in [0.25, 0.3) is 0 Å². The summed E-state index contributed by atoms with van der Waals surface area (Å²) in [4.78, 5) is 10.8. The third kappa shape index (κ3) is 5.22. The molecule has 0 N–H and O–H groups in total. The van der Waals surface area contributed by atoms with E-state index >= 15 is 0 Å². The van der Waals surface area contributed by atoms with Gasteiger partial charge in [-0.05, 0) is 38.0 Å². The highest BCUT2D eigenvalue weighted by atomic mass is 32.2. The van der Waals surface area contributed by atoms with Crippen molar-refractivity contribution in [3.05, 3.63) is 29.6 Å². The molecule has 0 saturated carbocycles. The van der Waals surface area contributed by atoms with E-state index in [0.717, 1.165) is 48.8 Å². The average Bonchev–Trinajstić information content (AvgIpc) is 3.03. The Bertz CT molecular complexity index is 688. The Morgan fingerprint density at radius 1 is 1.24 bits per heavy atom. The maximum Gasteiger partial charge on any atom is 0.191 e. The molecule has 0 atom stereocenters. The van der Waals surface area contributed by atoms with Gasteiger partial charge in [-0.1, -0.05) is 18.7 Å². The molecule has 1 aromatic heterocycles. The lowest BCUT2D eigenvalue weighted by atomic mass is 10.2. The number of aldehydes is 1. The lowest BCUT2D eigenvalue weighted by Gasteiger charge is -2.11. The Kier molecular flexibility index (Phi) is 7.78. The molecule has 0 spiro atoms. The summed E-state index contributed by atoms with van der Waals surface area (Å²) in [6, 6.07) is 5.16. The van der Waals surface area contributed by atoms with Gasteiger partial charge in [0.25, 0.3) is 0 Å². The molecular formula is C18H25N3O3S. The van der Waals surface area contributed by atoms with E-state index in [1.54, 1.807) is 37.1 Å². The lowest BCUT2D eigenvalue weighted by Crippen LogP contribution is -2.04. The number of aryl methyl sites for hydroxylation is 1. The summed E-state index contributed by atoms with van der Waals surface area (Å²) in [5.74, 6) is 3.19. The van der Waals surface area contributed by atoms with Crippen LogP contribution in [0.3, 0.4) is 0 Å². The SMILES string of the molecule is CCCc1nnc(SCCCOc2ccc(C=O)cc2OC)n1CC. The number of ether oxygens (including phenoxy) is 2. The topological polar surface area (TPSA) is 66.2 Å². The predicted octanol–water partition coefficient (Wildman–Crippen LogP) is 3.63. The van der Waals surface area contributed by atoms with Crippen LogP contribution in [0.4, 0.5) is 0 Å². The van der Waals surface area contributed by atoms with Crippen LogP contribution in [-0.4, -0.2) is 40.5 Å². The van der Waals surface area contributed by atoms with Gasteiger partial charge in [0, 0.05) is 24.3 Å². The summed E-state index contributed by atoms with van der Waals surface area (Å²) in [6.07, 6.45) is 3.70. The number of carbonyl (C=O) groups excluding carboxylic acids is 1. The van der Waals surface area contributed by atoms with Gasteiger partial charge in [0.05, 0.1) is 13.7 Å². The van der Waals surface area contributed by atoms with Crippen LogP contribution in [0.15, 0.2) is 23.4 Å².